The van der Waals surface area contributed by atoms with Crippen molar-refractivity contribution in [2.75, 3.05) is 13.2 Å². The minimum absolute atomic E-state index is 0.0637. The molecule has 0 aromatic heterocycles. The van der Waals surface area contributed by atoms with Gasteiger partial charge in [-0.3, -0.25) is 0 Å². The average Bonchev–Trinajstić information content (AvgIpc) is 1.83. The lowest BCUT2D eigenvalue weighted by Crippen LogP contribution is -2.42. The van der Waals surface area contributed by atoms with Crippen molar-refractivity contribution in [3.63, 3.8) is 0 Å². The zero-order valence-corrected chi connectivity index (χ0v) is 5.45. The van der Waals surface area contributed by atoms with E-state index < -0.39 is 12.2 Å². The number of aliphatic hydroxyl groups excluding tert-OH is 2. The Bertz CT molecular complexity index is 84.3. The number of ether oxygens (including phenoxy) is 1. The summed E-state index contributed by atoms with van der Waals surface area (Å²) in [5, 5.41) is 18.1. The van der Waals surface area contributed by atoms with E-state index in [1.807, 2.05) is 6.92 Å². The second-order valence-corrected chi connectivity index (χ2v) is 2.57. The van der Waals surface area contributed by atoms with Crippen molar-refractivity contribution in [1.82, 2.24) is 0 Å². The van der Waals surface area contributed by atoms with Gasteiger partial charge in [-0.1, -0.05) is 6.92 Å². The van der Waals surface area contributed by atoms with E-state index in [9.17, 15) is 0 Å². The van der Waals surface area contributed by atoms with E-state index in [0.717, 1.165) is 0 Å². The van der Waals surface area contributed by atoms with E-state index in [-0.39, 0.29) is 12.5 Å². The fraction of sp³-hybridized carbons (Fsp3) is 1.00. The molecule has 1 aliphatic rings. The molecule has 0 spiro atoms. The van der Waals surface area contributed by atoms with Crippen LogP contribution < -0.4 is 0 Å². The van der Waals surface area contributed by atoms with E-state index in [1.54, 1.807) is 0 Å². The molecule has 0 amide bonds. The summed E-state index contributed by atoms with van der Waals surface area (Å²) in [6, 6.07) is 0. The maximum atomic E-state index is 9.12. The van der Waals surface area contributed by atoms with Crippen molar-refractivity contribution >= 4 is 0 Å². The van der Waals surface area contributed by atoms with Gasteiger partial charge < -0.3 is 14.9 Å². The predicted molar refractivity (Wildman–Crippen MR) is 32.0 cm³/mol. The summed E-state index contributed by atoms with van der Waals surface area (Å²) in [6.07, 6.45) is -1.28. The van der Waals surface area contributed by atoms with Gasteiger partial charge in [-0.2, -0.15) is 0 Å². The first-order valence-electron chi connectivity index (χ1n) is 3.15. The van der Waals surface area contributed by atoms with Gasteiger partial charge in [-0.05, 0) is 0 Å². The fourth-order valence-electron chi connectivity index (χ4n) is 0.951. The summed E-state index contributed by atoms with van der Waals surface area (Å²) in [5.41, 5.74) is 0. The highest BCUT2D eigenvalue weighted by atomic mass is 16.5. The summed E-state index contributed by atoms with van der Waals surface area (Å²) in [5.74, 6) is 0.0637. The Balaban J connectivity index is 2.41. The minimum atomic E-state index is -0.686. The van der Waals surface area contributed by atoms with Gasteiger partial charge in [-0.25, -0.2) is 0 Å². The van der Waals surface area contributed by atoms with Crippen molar-refractivity contribution in [2.45, 2.75) is 19.1 Å². The zero-order valence-electron chi connectivity index (χ0n) is 5.45. The van der Waals surface area contributed by atoms with Crippen molar-refractivity contribution in [3.05, 3.63) is 0 Å². The van der Waals surface area contributed by atoms with E-state index in [1.165, 1.54) is 0 Å². The highest BCUT2D eigenvalue weighted by Gasteiger charge is 2.27. The molecule has 3 heteroatoms. The average molecular weight is 132 g/mol. The minimum Gasteiger partial charge on any atom is -0.390 e. The molecule has 54 valence electrons. The highest BCUT2D eigenvalue weighted by molar-refractivity contribution is 4.76. The van der Waals surface area contributed by atoms with Crippen LogP contribution in [0.2, 0.25) is 0 Å². The molecule has 1 aliphatic heterocycles. The van der Waals surface area contributed by atoms with Crippen LogP contribution in [-0.2, 0) is 4.74 Å². The maximum Gasteiger partial charge on any atom is 0.103 e. The third-order valence-electron chi connectivity index (χ3n) is 1.65. The van der Waals surface area contributed by atoms with Gasteiger partial charge in [0.25, 0.3) is 0 Å². The molecule has 0 radical (unpaired) electrons. The van der Waals surface area contributed by atoms with Crippen LogP contribution in [-0.4, -0.2) is 35.6 Å². The monoisotopic (exact) mass is 132 g/mol. The number of hydrogen-bond donors (Lipinski definition) is 2. The summed E-state index contributed by atoms with van der Waals surface area (Å²) >= 11 is 0. The molecule has 2 N–H and O–H groups in total. The predicted octanol–water partition coefficient (Wildman–Crippen LogP) is -0.626. The lowest BCUT2D eigenvalue weighted by Gasteiger charge is -2.28. The van der Waals surface area contributed by atoms with E-state index >= 15 is 0 Å². The Hall–Kier alpha value is -0.120. The molecule has 0 unspecified atom stereocenters. The lowest BCUT2D eigenvalue weighted by atomic mass is 9.99. The van der Waals surface area contributed by atoms with Crippen LogP contribution in [0.3, 0.4) is 0 Å². The second kappa shape index (κ2) is 2.64. The standard InChI is InChI=1S/C6H12O3/c1-4-2-9-3-5(7)6(4)8/h4-8H,2-3H2,1H3/t4-,5-,6+/m1/s1. The second-order valence-electron chi connectivity index (χ2n) is 2.57. The number of hydrogen-bond acceptors (Lipinski definition) is 3. The molecular weight excluding hydrogens is 120 g/mol. The molecule has 0 aromatic carbocycles. The zero-order chi connectivity index (χ0) is 6.85. The Morgan fingerprint density at radius 2 is 2.00 bits per heavy atom. The normalized spacial score (nSPS) is 45.0. The molecule has 1 fully saturated rings. The third-order valence-corrected chi connectivity index (χ3v) is 1.65. The first-order chi connectivity index (χ1) is 4.22. The maximum absolute atomic E-state index is 9.12. The molecule has 0 aliphatic carbocycles. The topological polar surface area (TPSA) is 49.7 Å². The van der Waals surface area contributed by atoms with Gasteiger partial charge in [0, 0.05) is 5.92 Å². The smallest absolute Gasteiger partial charge is 0.103 e. The largest absolute Gasteiger partial charge is 0.390 e. The van der Waals surface area contributed by atoms with Crippen LogP contribution in [0.15, 0.2) is 0 Å². The quantitative estimate of drug-likeness (QED) is 0.461. The van der Waals surface area contributed by atoms with Crippen molar-refractivity contribution in [3.8, 4) is 0 Å². The van der Waals surface area contributed by atoms with Crippen LogP contribution in [0.4, 0.5) is 0 Å². The summed E-state index contributed by atoms with van der Waals surface area (Å²) in [6.45, 7) is 2.68. The van der Waals surface area contributed by atoms with E-state index in [0.29, 0.717) is 6.61 Å². The number of rotatable bonds is 0. The first kappa shape index (κ1) is 6.99. The molecule has 1 saturated heterocycles. The van der Waals surface area contributed by atoms with Crippen LogP contribution >= 0.6 is 0 Å². The van der Waals surface area contributed by atoms with Gasteiger partial charge >= 0.3 is 0 Å². The van der Waals surface area contributed by atoms with Gasteiger partial charge in [0.2, 0.25) is 0 Å². The lowest BCUT2D eigenvalue weighted by molar-refractivity contribution is -0.115. The highest BCUT2D eigenvalue weighted by Crippen LogP contribution is 2.13. The Kier molecular flexibility index (Phi) is 2.05. The summed E-state index contributed by atoms with van der Waals surface area (Å²) < 4.78 is 4.95. The van der Waals surface area contributed by atoms with Crippen LogP contribution in [0.5, 0.6) is 0 Å². The summed E-state index contributed by atoms with van der Waals surface area (Å²) in [4.78, 5) is 0. The molecular formula is C6H12O3. The molecule has 0 saturated carbocycles. The van der Waals surface area contributed by atoms with Crippen LogP contribution in [0.25, 0.3) is 0 Å². The van der Waals surface area contributed by atoms with Crippen LogP contribution in [0.1, 0.15) is 6.92 Å². The van der Waals surface area contributed by atoms with Gasteiger partial charge in [0.15, 0.2) is 0 Å². The van der Waals surface area contributed by atoms with Gasteiger partial charge in [0.1, 0.15) is 6.10 Å². The Morgan fingerprint density at radius 1 is 1.33 bits per heavy atom. The third kappa shape index (κ3) is 1.41. The Morgan fingerprint density at radius 3 is 2.44 bits per heavy atom. The molecule has 1 rings (SSSR count). The number of aliphatic hydroxyl groups is 2. The molecule has 3 nitrogen and oxygen atoms in total. The van der Waals surface area contributed by atoms with Crippen LogP contribution in [0, 0.1) is 5.92 Å². The molecule has 0 bridgehead atoms. The van der Waals surface area contributed by atoms with E-state index in [4.69, 9.17) is 14.9 Å². The van der Waals surface area contributed by atoms with E-state index in [2.05, 4.69) is 0 Å². The first-order valence-corrected chi connectivity index (χ1v) is 3.15. The molecule has 9 heavy (non-hydrogen) atoms. The SMILES string of the molecule is C[C@@H]1COC[C@@H](O)[C@H]1O. The molecule has 3 atom stereocenters. The Labute approximate surface area is 54.3 Å². The van der Waals surface area contributed by atoms with Gasteiger partial charge in [-0.15, -0.1) is 0 Å². The van der Waals surface area contributed by atoms with Gasteiger partial charge in [0.05, 0.1) is 19.3 Å². The van der Waals surface area contributed by atoms with Crippen molar-refractivity contribution < 1.29 is 14.9 Å². The summed E-state index contributed by atoms with van der Waals surface area (Å²) in [7, 11) is 0. The van der Waals surface area contributed by atoms with Crippen molar-refractivity contribution in [1.29, 1.82) is 0 Å². The van der Waals surface area contributed by atoms with Crippen molar-refractivity contribution in [2.24, 2.45) is 5.92 Å². The molecule has 1 heterocycles. The fourth-order valence-corrected chi connectivity index (χ4v) is 0.951. The molecule has 0 aromatic rings.